The Morgan fingerprint density at radius 2 is 1.74 bits per heavy atom. The van der Waals surface area contributed by atoms with Crippen LogP contribution in [0.4, 0.5) is 4.79 Å². The topological polar surface area (TPSA) is 97.8 Å². The Kier molecular flexibility index (Phi) is 5.78. The zero-order chi connectivity index (χ0) is 23.5. The van der Waals surface area contributed by atoms with E-state index in [0.29, 0.717) is 11.3 Å². The summed E-state index contributed by atoms with van der Waals surface area (Å²) in [4.78, 5) is 44.7. The van der Waals surface area contributed by atoms with Gasteiger partial charge in [-0.25, -0.2) is 9.59 Å². The van der Waals surface area contributed by atoms with E-state index in [4.69, 9.17) is 9.47 Å². The molecule has 2 aliphatic heterocycles. The van der Waals surface area contributed by atoms with Crippen LogP contribution in [0.3, 0.4) is 0 Å². The highest BCUT2D eigenvalue weighted by Gasteiger charge is 2.45. The number of carbonyl (C=O) groups is 3. The molecule has 1 N–H and O–H groups in total. The highest BCUT2D eigenvalue weighted by atomic mass is 16.6. The highest BCUT2D eigenvalue weighted by molar-refractivity contribution is 6.07. The van der Waals surface area contributed by atoms with Gasteiger partial charge >= 0.3 is 12.1 Å². The zero-order valence-electron chi connectivity index (χ0n) is 18.1. The summed E-state index contributed by atoms with van der Waals surface area (Å²) in [6.07, 6.45) is 2.53. The fraction of sp³-hybridized carbons (Fsp3) is 0.154. The number of nitrogens with one attached hydrogen (secondary N) is 1. The molecule has 2 aromatic carbocycles. The molecule has 5 rings (SSSR count). The van der Waals surface area contributed by atoms with Gasteiger partial charge < -0.3 is 14.8 Å². The average Bonchev–Trinajstić information content (AvgIpc) is 3.25. The number of ether oxygens (including phenoxy) is 2. The number of aromatic nitrogens is 1. The number of benzene rings is 2. The van der Waals surface area contributed by atoms with Crippen molar-refractivity contribution in [3.63, 3.8) is 0 Å². The summed E-state index contributed by atoms with van der Waals surface area (Å²) in [5, 5.41) is 2.68. The lowest BCUT2D eigenvalue weighted by Gasteiger charge is -2.33. The normalized spacial score (nSPS) is 20.1. The monoisotopic (exact) mass is 455 g/mol. The number of pyridine rings is 1. The van der Waals surface area contributed by atoms with E-state index >= 15 is 0 Å². The van der Waals surface area contributed by atoms with Crippen LogP contribution in [0.1, 0.15) is 17.2 Å². The molecule has 0 spiro atoms. The third kappa shape index (κ3) is 4.01. The summed E-state index contributed by atoms with van der Waals surface area (Å²) in [6, 6.07) is 20.9. The number of rotatable bonds is 6. The summed E-state index contributed by atoms with van der Waals surface area (Å²) >= 11 is 0. The lowest BCUT2D eigenvalue weighted by molar-refractivity contribution is -0.136. The third-order valence-electron chi connectivity index (χ3n) is 5.81. The molecule has 0 saturated carbocycles. The van der Waals surface area contributed by atoms with Crippen LogP contribution in [0.5, 0.6) is 5.75 Å². The molecular weight excluding hydrogens is 434 g/mol. The Morgan fingerprint density at radius 1 is 1.00 bits per heavy atom. The number of hydrogen-bond acceptors (Lipinski definition) is 6. The second kappa shape index (κ2) is 9.19. The number of amides is 2. The molecule has 170 valence electrons. The van der Waals surface area contributed by atoms with E-state index in [2.05, 4.69) is 10.3 Å². The van der Waals surface area contributed by atoms with E-state index in [1.807, 2.05) is 30.3 Å². The number of carbonyl (C=O) groups excluding carboxylic acids is 3. The fourth-order valence-electron chi connectivity index (χ4n) is 4.09. The molecule has 3 heterocycles. The van der Waals surface area contributed by atoms with Crippen LogP contribution in [-0.2, 0) is 14.3 Å². The van der Waals surface area contributed by atoms with Crippen molar-refractivity contribution in [3.05, 3.63) is 102 Å². The predicted octanol–water partition coefficient (Wildman–Crippen LogP) is 3.34. The fourth-order valence-corrected chi connectivity index (χ4v) is 4.09. The summed E-state index contributed by atoms with van der Waals surface area (Å²) in [5.74, 6) is -1.48. The van der Waals surface area contributed by atoms with Crippen LogP contribution in [-0.4, -0.2) is 41.0 Å². The third-order valence-corrected chi connectivity index (χ3v) is 5.81. The van der Waals surface area contributed by atoms with E-state index in [1.165, 1.54) is 4.90 Å². The van der Waals surface area contributed by atoms with E-state index in [0.717, 1.165) is 5.56 Å². The minimum absolute atomic E-state index is 0.0837. The van der Waals surface area contributed by atoms with Gasteiger partial charge in [0.15, 0.2) is 0 Å². The van der Waals surface area contributed by atoms with E-state index in [9.17, 15) is 14.4 Å². The van der Waals surface area contributed by atoms with Crippen molar-refractivity contribution in [2.24, 2.45) is 5.92 Å². The molecule has 8 nitrogen and oxygen atoms in total. The molecule has 0 aliphatic carbocycles. The predicted molar refractivity (Wildman–Crippen MR) is 122 cm³/mol. The quantitative estimate of drug-likeness (QED) is 0.265. The van der Waals surface area contributed by atoms with Crippen LogP contribution in [0.15, 0.2) is 90.8 Å². The lowest BCUT2D eigenvalue weighted by Crippen LogP contribution is -2.52. The van der Waals surface area contributed by atoms with E-state index in [1.54, 1.807) is 54.9 Å². The Balaban J connectivity index is 1.69. The first kappa shape index (κ1) is 21.4. The second-order valence-corrected chi connectivity index (χ2v) is 7.88. The molecule has 8 heteroatoms. The van der Waals surface area contributed by atoms with Crippen LogP contribution in [0.2, 0.25) is 0 Å². The van der Waals surface area contributed by atoms with Gasteiger partial charge in [-0.2, -0.15) is 0 Å². The SMILES string of the molecule is O=C(Oc1ccccc1)C(=C(c1cccnc1)N1C(=O)OC[C@@H]1c1ccccc1)[C@@H]1CNC1=O. The van der Waals surface area contributed by atoms with Gasteiger partial charge in [0.1, 0.15) is 12.4 Å². The summed E-state index contributed by atoms with van der Waals surface area (Å²) in [7, 11) is 0. The van der Waals surface area contributed by atoms with Gasteiger partial charge in [-0.3, -0.25) is 14.7 Å². The molecule has 1 aromatic heterocycles. The first-order valence-electron chi connectivity index (χ1n) is 10.8. The van der Waals surface area contributed by atoms with E-state index in [-0.39, 0.29) is 30.3 Å². The number of cyclic esters (lactones) is 1. The summed E-state index contributed by atoms with van der Waals surface area (Å²) in [5.41, 5.74) is 1.68. The molecule has 3 aromatic rings. The molecule has 0 radical (unpaired) electrons. The van der Waals surface area contributed by atoms with Gasteiger partial charge in [0, 0.05) is 24.5 Å². The molecule has 0 unspecified atom stereocenters. The highest BCUT2D eigenvalue weighted by Crippen LogP contribution is 2.39. The van der Waals surface area contributed by atoms with Crippen LogP contribution < -0.4 is 10.1 Å². The van der Waals surface area contributed by atoms with Gasteiger partial charge in [0.2, 0.25) is 5.91 Å². The zero-order valence-corrected chi connectivity index (χ0v) is 18.1. The van der Waals surface area contributed by atoms with Gasteiger partial charge in [-0.15, -0.1) is 0 Å². The Morgan fingerprint density at radius 3 is 2.35 bits per heavy atom. The standard InChI is InChI=1S/C26H21N3O5/c30-24-20(15-28-24)22(25(31)34-19-11-5-2-6-12-19)23(18-10-7-13-27-14-18)29-21(16-33-26(29)32)17-8-3-1-4-9-17/h1-14,20-21H,15-16H2,(H,28,30)/t20-,21+/m0/s1. The van der Waals surface area contributed by atoms with Crippen molar-refractivity contribution >= 4 is 23.7 Å². The summed E-state index contributed by atoms with van der Waals surface area (Å²) in [6.45, 7) is 0.352. The number of esters is 1. The van der Waals surface area contributed by atoms with Gasteiger partial charge in [-0.05, 0) is 29.8 Å². The van der Waals surface area contributed by atoms with Crippen LogP contribution in [0.25, 0.3) is 5.70 Å². The number of para-hydroxylation sites is 1. The minimum Gasteiger partial charge on any atom is -0.447 e. The van der Waals surface area contributed by atoms with Crippen LogP contribution in [0, 0.1) is 5.92 Å². The second-order valence-electron chi connectivity index (χ2n) is 7.88. The Labute approximate surface area is 195 Å². The minimum atomic E-state index is -0.781. The van der Waals surface area contributed by atoms with Crippen molar-refractivity contribution in [3.8, 4) is 5.75 Å². The molecule has 0 bridgehead atoms. The van der Waals surface area contributed by atoms with Gasteiger partial charge in [0.25, 0.3) is 0 Å². The summed E-state index contributed by atoms with van der Waals surface area (Å²) < 4.78 is 11.1. The molecular formula is C26H21N3O5. The molecule has 2 atom stereocenters. The van der Waals surface area contributed by atoms with Crippen molar-refractivity contribution < 1.29 is 23.9 Å². The number of β-lactam (4-membered cyclic amide) rings is 1. The molecule has 2 fully saturated rings. The molecule has 34 heavy (non-hydrogen) atoms. The average molecular weight is 455 g/mol. The van der Waals surface area contributed by atoms with Crippen molar-refractivity contribution in [1.29, 1.82) is 0 Å². The maximum absolute atomic E-state index is 13.6. The number of hydrogen-bond donors (Lipinski definition) is 1. The first-order chi connectivity index (χ1) is 16.6. The van der Waals surface area contributed by atoms with Crippen LogP contribution >= 0.6 is 0 Å². The Bertz CT molecular complexity index is 1250. The first-order valence-corrected chi connectivity index (χ1v) is 10.8. The van der Waals surface area contributed by atoms with Crippen molar-refractivity contribution in [2.75, 3.05) is 13.2 Å². The molecule has 2 aliphatic rings. The smallest absolute Gasteiger partial charge is 0.415 e. The molecule has 2 amide bonds. The van der Waals surface area contributed by atoms with Gasteiger partial charge in [0.05, 0.1) is 23.2 Å². The Hall–Kier alpha value is -4.46. The number of nitrogens with zero attached hydrogens (tertiary/aromatic N) is 2. The van der Waals surface area contributed by atoms with Gasteiger partial charge in [-0.1, -0.05) is 48.5 Å². The lowest BCUT2D eigenvalue weighted by atomic mass is 9.88. The molecule has 2 saturated heterocycles. The largest absolute Gasteiger partial charge is 0.447 e. The maximum Gasteiger partial charge on any atom is 0.415 e. The maximum atomic E-state index is 13.6. The van der Waals surface area contributed by atoms with Crippen molar-refractivity contribution in [2.45, 2.75) is 6.04 Å². The van der Waals surface area contributed by atoms with Crippen molar-refractivity contribution in [1.82, 2.24) is 15.2 Å². The van der Waals surface area contributed by atoms with E-state index < -0.39 is 24.0 Å².